The first-order chi connectivity index (χ1) is 11.1. The largest absolute Gasteiger partial charge is 0.463 e. The Kier molecular flexibility index (Phi) is 4.15. The molecule has 1 aliphatic rings. The van der Waals surface area contributed by atoms with E-state index < -0.39 is 0 Å². The molecule has 0 radical (unpaired) electrons. The number of carbonyl (C=O) groups excluding carboxylic acids is 2. The zero-order chi connectivity index (χ0) is 16.4. The number of fused-ring (bicyclic) bond motifs is 1. The number of amides is 1. The molecule has 118 valence electrons. The van der Waals surface area contributed by atoms with Gasteiger partial charge in [-0.15, -0.1) is 0 Å². The van der Waals surface area contributed by atoms with Gasteiger partial charge in [-0.2, -0.15) is 0 Å². The van der Waals surface area contributed by atoms with Gasteiger partial charge in [0.1, 0.15) is 0 Å². The van der Waals surface area contributed by atoms with Gasteiger partial charge in [0.15, 0.2) is 0 Å². The number of carbonyl (C=O) groups is 2. The van der Waals surface area contributed by atoms with Crippen LogP contribution in [0.4, 0.5) is 0 Å². The van der Waals surface area contributed by atoms with Gasteiger partial charge in [-0.05, 0) is 30.2 Å². The van der Waals surface area contributed by atoms with E-state index in [0.29, 0.717) is 17.9 Å². The van der Waals surface area contributed by atoms with Gasteiger partial charge in [0.2, 0.25) is 5.91 Å². The minimum absolute atomic E-state index is 0.0755. The van der Waals surface area contributed by atoms with Crippen molar-refractivity contribution >= 4 is 22.6 Å². The lowest BCUT2D eigenvalue weighted by Crippen LogP contribution is -2.34. The molecule has 2 aromatic rings. The van der Waals surface area contributed by atoms with Crippen molar-refractivity contribution in [3.05, 3.63) is 59.3 Å². The number of allylic oxidation sites excluding steroid dienone is 1. The van der Waals surface area contributed by atoms with E-state index in [1.54, 1.807) is 13.8 Å². The number of ether oxygens (including phenoxy) is 1. The second kappa shape index (κ2) is 6.24. The number of esters is 1. The lowest BCUT2D eigenvalue weighted by molar-refractivity contribution is -0.139. The summed E-state index contributed by atoms with van der Waals surface area (Å²) in [5.74, 6) is -0.717. The van der Waals surface area contributed by atoms with Crippen LogP contribution < -0.4 is 5.32 Å². The highest BCUT2D eigenvalue weighted by Gasteiger charge is 2.33. The molecule has 0 saturated heterocycles. The number of hydrogen-bond acceptors (Lipinski definition) is 3. The number of benzene rings is 2. The Balaban J connectivity index is 2.16. The Hall–Kier alpha value is -2.62. The van der Waals surface area contributed by atoms with Crippen molar-refractivity contribution in [2.75, 3.05) is 6.61 Å². The van der Waals surface area contributed by atoms with Crippen molar-refractivity contribution < 1.29 is 14.3 Å². The maximum atomic E-state index is 12.4. The first-order valence-electron chi connectivity index (χ1n) is 7.77. The van der Waals surface area contributed by atoms with E-state index in [1.165, 1.54) is 0 Å². The van der Waals surface area contributed by atoms with E-state index in [2.05, 4.69) is 5.32 Å². The Morgan fingerprint density at radius 3 is 2.74 bits per heavy atom. The van der Waals surface area contributed by atoms with Crippen molar-refractivity contribution in [3.63, 3.8) is 0 Å². The SMILES string of the molecule is CCOC(=O)C1=C(C)NC(=O)CC1c1cccc2ccccc12. The van der Waals surface area contributed by atoms with E-state index >= 15 is 0 Å². The highest BCUT2D eigenvalue weighted by molar-refractivity contribution is 5.98. The summed E-state index contributed by atoms with van der Waals surface area (Å²) >= 11 is 0. The summed E-state index contributed by atoms with van der Waals surface area (Å²) in [6.45, 7) is 3.84. The molecule has 1 N–H and O–H groups in total. The summed E-state index contributed by atoms with van der Waals surface area (Å²) in [6, 6.07) is 14.0. The molecule has 23 heavy (non-hydrogen) atoms. The lowest BCUT2D eigenvalue weighted by Gasteiger charge is -2.27. The molecule has 2 aromatic carbocycles. The summed E-state index contributed by atoms with van der Waals surface area (Å²) in [5.41, 5.74) is 2.11. The molecule has 4 nitrogen and oxygen atoms in total. The molecule has 0 aromatic heterocycles. The van der Waals surface area contributed by atoms with Crippen LogP contribution in [0.25, 0.3) is 10.8 Å². The van der Waals surface area contributed by atoms with E-state index in [1.807, 2.05) is 42.5 Å². The molecule has 1 amide bonds. The molecule has 0 saturated carbocycles. The van der Waals surface area contributed by atoms with E-state index in [4.69, 9.17) is 4.74 Å². The molecule has 1 unspecified atom stereocenters. The summed E-state index contributed by atoms with van der Waals surface area (Å²) in [7, 11) is 0. The minimum atomic E-state index is -0.358. The second-order valence-corrected chi connectivity index (χ2v) is 5.63. The molecule has 1 aliphatic heterocycles. The smallest absolute Gasteiger partial charge is 0.336 e. The Morgan fingerprint density at radius 2 is 1.96 bits per heavy atom. The van der Waals surface area contributed by atoms with Gasteiger partial charge in [0.25, 0.3) is 0 Å². The van der Waals surface area contributed by atoms with Gasteiger partial charge in [-0.25, -0.2) is 4.79 Å². The maximum Gasteiger partial charge on any atom is 0.336 e. The van der Waals surface area contributed by atoms with Gasteiger partial charge in [-0.1, -0.05) is 42.5 Å². The Labute approximate surface area is 135 Å². The summed E-state index contributed by atoms with van der Waals surface area (Å²) in [4.78, 5) is 24.4. The van der Waals surface area contributed by atoms with Crippen molar-refractivity contribution in [2.45, 2.75) is 26.2 Å². The Bertz CT molecular complexity index is 802. The predicted octanol–water partition coefficient (Wildman–Crippen LogP) is 3.28. The first kappa shape index (κ1) is 15.3. The molecular formula is C19H19NO3. The lowest BCUT2D eigenvalue weighted by atomic mass is 9.82. The average molecular weight is 309 g/mol. The van der Waals surface area contributed by atoms with Crippen LogP contribution in [0, 0.1) is 0 Å². The topological polar surface area (TPSA) is 55.4 Å². The molecule has 1 heterocycles. The van der Waals surface area contributed by atoms with Gasteiger partial charge in [-0.3, -0.25) is 4.79 Å². The maximum absolute atomic E-state index is 12.4. The highest BCUT2D eigenvalue weighted by Crippen LogP contribution is 2.37. The fraction of sp³-hybridized carbons (Fsp3) is 0.263. The van der Waals surface area contributed by atoms with Crippen molar-refractivity contribution in [2.24, 2.45) is 0 Å². The molecule has 0 aliphatic carbocycles. The third kappa shape index (κ3) is 2.84. The van der Waals surface area contributed by atoms with Crippen LogP contribution in [0.2, 0.25) is 0 Å². The van der Waals surface area contributed by atoms with E-state index in [9.17, 15) is 9.59 Å². The van der Waals surface area contributed by atoms with E-state index in [0.717, 1.165) is 16.3 Å². The van der Waals surface area contributed by atoms with Crippen LogP contribution in [0.3, 0.4) is 0 Å². The van der Waals surface area contributed by atoms with E-state index in [-0.39, 0.29) is 24.2 Å². The number of nitrogens with one attached hydrogen (secondary N) is 1. The van der Waals surface area contributed by atoms with Crippen LogP contribution in [0.5, 0.6) is 0 Å². The second-order valence-electron chi connectivity index (χ2n) is 5.63. The van der Waals surface area contributed by atoms with Gasteiger partial charge < -0.3 is 10.1 Å². The molecule has 1 atom stereocenters. The molecule has 0 spiro atoms. The number of rotatable bonds is 3. The molecule has 4 heteroatoms. The molecular weight excluding hydrogens is 290 g/mol. The number of hydrogen-bond donors (Lipinski definition) is 1. The predicted molar refractivity (Wildman–Crippen MR) is 88.8 cm³/mol. The standard InChI is InChI=1S/C19H19NO3/c1-3-23-19(22)18-12(2)20-17(21)11-16(18)15-10-6-8-13-7-4-5-9-14(13)15/h4-10,16H,3,11H2,1-2H3,(H,20,21). The summed E-state index contributed by atoms with van der Waals surface area (Å²) in [5, 5.41) is 4.91. The summed E-state index contributed by atoms with van der Waals surface area (Å²) in [6.07, 6.45) is 0.249. The quantitative estimate of drug-likeness (QED) is 0.885. The fourth-order valence-corrected chi connectivity index (χ4v) is 3.20. The van der Waals surface area contributed by atoms with Crippen LogP contribution in [0.1, 0.15) is 31.7 Å². The van der Waals surface area contributed by atoms with Crippen LogP contribution in [0.15, 0.2) is 53.7 Å². The van der Waals surface area contributed by atoms with Gasteiger partial charge in [0, 0.05) is 18.0 Å². The molecule has 3 rings (SSSR count). The third-order valence-electron chi connectivity index (χ3n) is 4.16. The first-order valence-corrected chi connectivity index (χ1v) is 7.77. The monoisotopic (exact) mass is 309 g/mol. The molecule has 0 fully saturated rings. The summed E-state index contributed by atoms with van der Waals surface area (Å²) < 4.78 is 5.20. The zero-order valence-electron chi connectivity index (χ0n) is 13.3. The van der Waals surface area contributed by atoms with Crippen LogP contribution in [-0.2, 0) is 14.3 Å². The third-order valence-corrected chi connectivity index (χ3v) is 4.16. The Morgan fingerprint density at radius 1 is 1.22 bits per heavy atom. The fourth-order valence-electron chi connectivity index (χ4n) is 3.20. The highest BCUT2D eigenvalue weighted by atomic mass is 16.5. The van der Waals surface area contributed by atoms with Crippen LogP contribution >= 0.6 is 0 Å². The van der Waals surface area contributed by atoms with Crippen molar-refractivity contribution in [3.8, 4) is 0 Å². The zero-order valence-corrected chi connectivity index (χ0v) is 13.3. The average Bonchev–Trinajstić information content (AvgIpc) is 2.53. The minimum Gasteiger partial charge on any atom is -0.463 e. The van der Waals surface area contributed by atoms with Crippen molar-refractivity contribution in [1.82, 2.24) is 5.32 Å². The molecule has 0 bridgehead atoms. The van der Waals surface area contributed by atoms with Crippen LogP contribution in [-0.4, -0.2) is 18.5 Å². The van der Waals surface area contributed by atoms with Gasteiger partial charge in [0.05, 0.1) is 12.2 Å². The normalized spacial score (nSPS) is 18.0. The van der Waals surface area contributed by atoms with Gasteiger partial charge >= 0.3 is 5.97 Å². The van der Waals surface area contributed by atoms with Crippen molar-refractivity contribution in [1.29, 1.82) is 0 Å².